The molecule has 0 aliphatic rings. The van der Waals surface area contributed by atoms with E-state index in [9.17, 15) is 26.4 Å². The number of alkyl halides is 3. The second-order valence-corrected chi connectivity index (χ2v) is 9.54. The number of carbonyl (C=O) groups is 1. The van der Waals surface area contributed by atoms with E-state index < -0.39 is 34.1 Å². The third-order valence-electron chi connectivity index (χ3n) is 5.19. The molecule has 0 amide bonds. The van der Waals surface area contributed by atoms with Crippen molar-refractivity contribution in [3.05, 3.63) is 88.2 Å². The Morgan fingerprint density at radius 2 is 1.74 bits per heavy atom. The van der Waals surface area contributed by atoms with Gasteiger partial charge in [0.05, 0.1) is 11.5 Å². The van der Waals surface area contributed by atoms with E-state index >= 15 is 0 Å². The number of halogens is 4. The first-order chi connectivity index (χ1) is 15.8. The Bertz CT molecular complexity index is 1310. The van der Waals surface area contributed by atoms with Crippen LogP contribution in [0.1, 0.15) is 45.9 Å². The summed E-state index contributed by atoms with van der Waals surface area (Å²) in [4.78, 5) is 14.6. The van der Waals surface area contributed by atoms with Crippen LogP contribution in [0.2, 0.25) is 5.02 Å². The highest BCUT2D eigenvalue weighted by Crippen LogP contribution is 2.46. The lowest BCUT2D eigenvalue weighted by atomic mass is 9.82. The molecule has 2 atom stereocenters. The van der Waals surface area contributed by atoms with Gasteiger partial charge in [-0.25, -0.2) is 4.79 Å². The van der Waals surface area contributed by atoms with Crippen LogP contribution in [0.4, 0.5) is 13.2 Å². The Kier molecular flexibility index (Phi) is 7.23. The normalized spacial score (nSPS) is 13.8. The van der Waals surface area contributed by atoms with Gasteiger partial charge in [-0.05, 0) is 66.4 Å². The van der Waals surface area contributed by atoms with Crippen molar-refractivity contribution >= 4 is 27.7 Å². The van der Waals surface area contributed by atoms with E-state index in [0.29, 0.717) is 5.69 Å². The SMILES string of the molecule is Cc1cc(C(C(C)c2ccc(OS(=O)(=O)c3ccc(C(=O)O)cc3)cc2Cl)C(F)(F)F)ccn1. The maximum atomic E-state index is 14.0. The van der Waals surface area contributed by atoms with Gasteiger partial charge in [0, 0.05) is 23.0 Å². The summed E-state index contributed by atoms with van der Waals surface area (Å²) in [6.07, 6.45) is -3.26. The second kappa shape index (κ2) is 9.63. The Hall–Kier alpha value is -3.11. The Morgan fingerprint density at radius 3 is 2.26 bits per heavy atom. The molecule has 1 N–H and O–H groups in total. The Balaban J connectivity index is 1.89. The van der Waals surface area contributed by atoms with Gasteiger partial charge < -0.3 is 9.29 Å². The van der Waals surface area contributed by atoms with Gasteiger partial charge >= 0.3 is 22.3 Å². The number of nitrogens with zero attached hydrogens (tertiary/aromatic N) is 1. The predicted molar refractivity (Wildman–Crippen MR) is 119 cm³/mol. The number of benzene rings is 2. The van der Waals surface area contributed by atoms with E-state index in [1.807, 2.05) is 0 Å². The third-order valence-corrected chi connectivity index (χ3v) is 6.78. The first-order valence-electron chi connectivity index (χ1n) is 9.86. The minimum atomic E-state index is -4.57. The third kappa shape index (κ3) is 5.68. The predicted octanol–water partition coefficient (Wildman–Crippen LogP) is 5.96. The largest absolute Gasteiger partial charge is 0.478 e. The van der Waals surface area contributed by atoms with Crippen molar-refractivity contribution in [3.8, 4) is 5.75 Å². The van der Waals surface area contributed by atoms with Gasteiger partial charge in [0.2, 0.25) is 0 Å². The van der Waals surface area contributed by atoms with Crippen molar-refractivity contribution in [2.75, 3.05) is 0 Å². The summed E-state index contributed by atoms with van der Waals surface area (Å²) in [5, 5.41) is 8.83. The number of aromatic carboxylic acids is 1. The minimum absolute atomic E-state index is 0.0382. The average Bonchev–Trinajstić information content (AvgIpc) is 2.72. The Morgan fingerprint density at radius 1 is 1.09 bits per heavy atom. The number of aromatic nitrogens is 1. The summed E-state index contributed by atoms with van der Waals surface area (Å²) in [6.45, 7) is 2.98. The number of carboxylic acid groups (broad SMARTS) is 1. The first kappa shape index (κ1) is 25.5. The fourth-order valence-electron chi connectivity index (χ4n) is 3.57. The van der Waals surface area contributed by atoms with Crippen molar-refractivity contribution in [2.45, 2.75) is 36.8 Å². The van der Waals surface area contributed by atoms with Crippen LogP contribution in [0.15, 0.2) is 65.7 Å². The van der Waals surface area contributed by atoms with Crippen LogP contribution in [0.25, 0.3) is 0 Å². The van der Waals surface area contributed by atoms with E-state index in [1.165, 1.54) is 37.4 Å². The zero-order valence-corrected chi connectivity index (χ0v) is 19.4. The molecule has 6 nitrogen and oxygen atoms in total. The highest BCUT2D eigenvalue weighted by molar-refractivity contribution is 7.87. The van der Waals surface area contributed by atoms with Crippen LogP contribution >= 0.6 is 11.6 Å². The molecule has 0 saturated carbocycles. The van der Waals surface area contributed by atoms with E-state index in [0.717, 1.165) is 30.3 Å². The molecule has 1 aromatic heterocycles. The van der Waals surface area contributed by atoms with Gasteiger partial charge in [0.15, 0.2) is 0 Å². The molecule has 34 heavy (non-hydrogen) atoms. The highest BCUT2D eigenvalue weighted by Gasteiger charge is 2.45. The number of carboxylic acids is 1. The van der Waals surface area contributed by atoms with Gasteiger partial charge in [-0.2, -0.15) is 21.6 Å². The lowest BCUT2D eigenvalue weighted by molar-refractivity contribution is -0.154. The van der Waals surface area contributed by atoms with Gasteiger partial charge in [-0.1, -0.05) is 24.6 Å². The maximum absolute atomic E-state index is 14.0. The lowest BCUT2D eigenvalue weighted by Gasteiger charge is -2.28. The van der Waals surface area contributed by atoms with E-state index in [2.05, 4.69) is 4.98 Å². The zero-order chi connectivity index (χ0) is 25.3. The highest BCUT2D eigenvalue weighted by atomic mass is 35.5. The quantitative estimate of drug-likeness (QED) is 0.392. The number of hydrogen-bond acceptors (Lipinski definition) is 5. The molecule has 0 aliphatic carbocycles. The summed E-state index contributed by atoms with van der Waals surface area (Å²) in [7, 11) is -4.33. The fraction of sp³-hybridized carbons (Fsp3) is 0.217. The van der Waals surface area contributed by atoms with Crippen molar-refractivity contribution in [3.63, 3.8) is 0 Å². The molecular weight excluding hydrogens is 495 g/mol. The molecule has 2 aromatic carbocycles. The van der Waals surface area contributed by atoms with Crippen LogP contribution in [0, 0.1) is 6.92 Å². The number of rotatable bonds is 7. The molecule has 11 heteroatoms. The van der Waals surface area contributed by atoms with Gasteiger partial charge in [0.25, 0.3) is 0 Å². The second-order valence-electron chi connectivity index (χ2n) is 7.59. The number of aryl methyl sites for hydroxylation is 1. The molecule has 0 bridgehead atoms. The molecule has 3 rings (SSSR count). The van der Waals surface area contributed by atoms with Crippen LogP contribution in [0.3, 0.4) is 0 Å². The summed E-state index contributed by atoms with van der Waals surface area (Å²) >= 11 is 6.25. The van der Waals surface area contributed by atoms with Crippen LogP contribution in [-0.2, 0) is 10.1 Å². The topological polar surface area (TPSA) is 93.6 Å². The molecule has 2 unspecified atom stereocenters. The smallest absolute Gasteiger partial charge is 0.396 e. The molecule has 0 radical (unpaired) electrons. The molecule has 0 spiro atoms. The molecule has 0 aliphatic heterocycles. The molecule has 0 saturated heterocycles. The number of hydrogen-bond donors (Lipinski definition) is 1. The van der Waals surface area contributed by atoms with Crippen molar-refractivity contribution in [1.82, 2.24) is 4.98 Å². The first-order valence-corrected chi connectivity index (χ1v) is 11.6. The van der Waals surface area contributed by atoms with E-state index in [1.54, 1.807) is 6.92 Å². The lowest BCUT2D eigenvalue weighted by Crippen LogP contribution is -2.26. The minimum Gasteiger partial charge on any atom is -0.478 e. The average molecular weight is 514 g/mol. The van der Waals surface area contributed by atoms with Crippen LogP contribution in [-0.4, -0.2) is 30.7 Å². The monoisotopic (exact) mass is 513 g/mol. The molecular formula is C23H19ClF3NO5S. The Labute approximate surface area is 199 Å². The van der Waals surface area contributed by atoms with Crippen molar-refractivity contribution < 1.29 is 35.7 Å². The number of pyridine rings is 1. The van der Waals surface area contributed by atoms with E-state index in [-0.39, 0.29) is 32.4 Å². The van der Waals surface area contributed by atoms with Gasteiger partial charge in [0.1, 0.15) is 10.6 Å². The van der Waals surface area contributed by atoms with Crippen LogP contribution < -0.4 is 4.18 Å². The molecule has 180 valence electrons. The summed E-state index contributed by atoms with van der Waals surface area (Å²) in [5.74, 6) is -4.38. The zero-order valence-electron chi connectivity index (χ0n) is 17.9. The summed E-state index contributed by atoms with van der Waals surface area (Å²) < 4.78 is 72.0. The van der Waals surface area contributed by atoms with E-state index in [4.69, 9.17) is 20.9 Å². The maximum Gasteiger partial charge on any atom is 0.396 e. The summed E-state index contributed by atoms with van der Waals surface area (Å²) in [5.41, 5.74) is 0.532. The molecule has 0 fully saturated rings. The van der Waals surface area contributed by atoms with Crippen LogP contribution in [0.5, 0.6) is 5.75 Å². The fourth-order valence-corrected chi connectivity index (χ4v) is 4.83. The van der Waals surface area contributed by atoms with Gasteiger partial charge in [-0.3, -0.25) is 4.98 Å². The van der Waals surface area contributed by atoms with Crippen molar-refractivity contribution in [1.29, 1.82) is 0 Å². The standard InChI is InChI=1S/C23H19ClF3NO5S/c1-13-11-16(9-10-28-13)21(23(25,26)27)14(2)19-8-5-17(12-20(19)24)33-34(31,32)18-6-3-15(4-7-18)22(29)30/h3-12,14,21H,1-2H3,(H,29,30). The van der Waals surface area contributed by atoms with Gasteiger partial charge in [-0.15, -0.1) is 0 Å². The summed E-state index contributed by atoms with van der Waals surface area (Å²) in [6, 6.07) is 10.6. The van der Waals surface area contributed by atoms with Crippen molar-refractivity contribution in [2.24, 2.45) is 0 Å². The molecule has 3 aromatic rings. The molecule has 1 heterocycles.